The lowest BCUT2D eigenvalue weighted by atomic mass is 9.80. The van der Waals surface area contributed by atoms with E-state index in [9.17, 15) is 25.3 Å². The molecule has 11 heteroatoms. The number of nitrogens with zero attached hydrogens (tertiary/aromatic N) is 3. The Morgan fingerprint density at radius 2 is 1.95 bits per heavy atom. The van der Waals surface area contributed by atoms with Crippen LogP contribution in [0, 0.1) is 6.92 Å². The van der Waals surface area contributed by atoms with Crippen molar-refractivity contribution in [1.82, 2.24) is 0 Å². The monoisotopic (exact) mass is 296 g/mol. The molecule has 1 aromatic carbocycles. The molecule has 0 unspecified atom stereocenters. The Morgan fingerprint density at radius 3 is 2.37 bits per heavy atom. The van der Waals surface area contributed by atoms with E-state index in [1.807, 2.05) is 0 Å². The van der Waals surface area contributed by atoms with Crippen LogP contribution in [0.15, 0.2) is 22.1 Å². The van der Waals surface area contributed by atoms with E-state index in [-0.39, 0.29) is 11.3 Å². The standard InChI is InChI=1S/C8H7BF4N3O2S/c1-5-6(4-9(10,11)12)2-7(15-16-14)3-8(5)19(13,17)18/h2-3H,4H2,1H3/q-1. The van der Waals surface area contributed by atoms with Crippen molar-refractivity contribution in [3.05, 3.63) is 33.7 Å². The number of hydrogen-bond donors (Lipinski definition) is 0. The van der Waals surface area contributed by atoms with Crippen molar-refractivity contribution in [3.63, 3.8) is 0 Å². The highest BCUT2D eigenvalue weighted by Crippen LogP contribution is 2.30. The van der Waals surface area contributed by atoms with Crippen molar-refractivity contribution in [2.45, 2.75) is 18.1 Å². The Balaban J connectivity index is 3.55. The molecule has 0 N–H and O–H groups in total. The summed E-state index contributed by atoms with van der Waals surface area (Å²) in [6.07, 6.45) is -1.39. The highest BCUT2D eigenvalue weighted by molar-refractivity contribution is 7.86. The molecule has 0 fully saturated rings. The summed E-state index contributed by atoms with van der Waals surface area (Å²) in [6, 6.07) is 1.58. The van der Waals surface area contributed by atoms with E-state index in [2.05, 4.69) is 10.0 Å². The molecule has 0 radical (unpaired) electrons. The molecule has 0 atom stereocenters. The van der Waals surface area contributed by atoms with E-state index >= 15 is 0 Å². The smallest absolute Gasteiger partial charge is 0.449 e. The minimum absolute atomic E-state index is 0.349. The fourth-order valence-corrected chi connectivity index (χ4v) is 2.31. The molecule has 19 heavy (non-hydrogen) atoms. The van der Waals surface area contributed by atoms with Gasteiger partial charge in [0.1, 0.15) is 4.90 Å². The molecule has 104 valence electrons. The Labute approximate surface area is 106 Å². The number of azide groups is 1. The Hall–Kier alpha value is -1.74. The van der Waals surface area contributed by atoms with E-state index in [1.165, 1.54) is 0 Å². The van der Waals surface area contributed by atoms with Crippen LogP contribution in [-0.2, 0) is 16.5 Å². The minimum Gasteiger partial charge on any atom is -0.449 e. The first kappa shape index (κ1) is 15.3. The van der Waals surface area contributed by atoms with Gasteiger partial charge in [-0.2, -0.15) is 8.42 Å². The van der Waals surface area contributed by atoms with Crippen LogP contribution < -0.4 is 0 Å². The van der Waals surface area contributed by atoms with Gasteiger partial charge in [-0.25, -0.2) is 0 Å². The summed E-state index contributed by atoms with van der Waals surface area (Å²) in [5.41, 5.74) is 7.03. The first-order valence-corrected chi connectivity index (χ1v) is 6.27. The fourth-order valence-electron chi connectivity index (χ4n) is 1.55. The third-order valence-corrected chi connectivity index (χ3v) is 3.28. The number of benzene rings is 1. The molecule has 0 bridgehead atoms. The third kappa shape index (κ3) is 4.14. The molecular weight excluding hydrogens is 289 g/mol. The highest BCUT2D eigenvalue weighted by Gasteiger charge is 2.27. The summed E-state index contributed by atoms with van der Waals surface area (Å²) in [6.45, 7) is -4.18. The second-order valence-electron chi connectivity index (χ2n) is 3.77. The summed E-state index contributed by atoms with van der Waals surface area (Å²) in [5, 5.41) is 3.00. The normalized spacial score (nSPS) is 12.1. The summed E-state index contributed by atoms with van der Waals surface area (Å²) in [4.78, 5) is 1.40. The molecule has 0 aliphatic heterocycles. The topological polar surface area (TPSA) is 82.9 Å². The van der Waals surface area contributed by atoms with Gasteiger partial charge in [0.25, 0.3) is 0 Å². The maximum atomic E-state index is 13.0. The van der Waals surface area contributed by atoms with Crippen LogP contribution in [0.2, 0.25) is 0 Å². The second kappa shape index (κ2) is 5.10. The predicted molar refractivity (Wildman–Crippen MR) is 61.1 cm³/mol. The van der Waals surface area contributed by atoms with E-state index in [0.717, 1.165) is 13.0 Å². The van der Waals surface area contributed by atoms with E-state index in [0.29, 0.717) is 6.07 Å². The van der Waals surface area contributed by atoms with Crippen LogP contribution in [0.5, 0.6) is 0 Å². The lowest BCUT2D eigenvalue weighted by Crippen LogP contribution is -2.20. The zero-order chi connectivity index (χ0) is 14.8. The Morgan fingerprint density at radius 1 is 1.37 bits per heavy atom. The molecule has 5 nitrogen and oxygen atoms in total. The summed E-state index contributed by atoms with van der Waals surface area (Å²) < 4.78 is 71.8. The van der Waals surface area contributed by atoms with Crippen molar-refractivity contribution in [3.8, 4) is 0 Å². The van der Waals surface area contributed by atoms with Crippen LogP contribution in [0.1, 0.15) is 11.1 Å². The first-order chi connectivity index (χ1) is 8.54. The maximum absolute atomic E-state index is 13.0. The molecule has 0 saturated heterocycles. The molecule has 0 heterocycles. The summed E-state index contributed by atoms with van der Waals surface area (Å²) in [5.74, 6) is 0. The van der Waals surface area contributed by atoms with Crippen molar-refractivity contribution < 1.29 is 25.3 Å². The average Bonchev–Trinajstić information content (AvgIpc) is 2.19. The molecule has 1 rings (SSSR count). The quantitative estimate of drug-likeness (QED) is 0.213. The first-order valence-electron chi connectivity index (χ1n) is 4.89. The van der Waals surface area contributed by atoms with Gasteiger partial charge in [-0.1, -0.05) is 23.1 Å². The predicted octanol–water partition coefficient (Wildman–Crippen LogP) is 3.52. The Bertz CT molecular complexity index is 653. The van der Waals surface area contributed by atoms with E-state index in [1.54, 1.807) is 0 Å². The van der Waals surface area contributed by atoms with Crippen molar-refractivity contribution in [2.24, 2.45) is 5.11 Å². The van der Waals surface area contributed by atoms with Gasteiger partial charge in [-0.3, -0.25) is 0 Å². The molecule has 0 aliphatic rings. The molecule has 0 aliphatic carbocycles. The van der Waals surface area contributed by atoms with Crippen molar-refractivity contribution in [1.29, 1.82) is 0 Å². The van der Waals surface area contributed by atoms with Gasteiger partial charge >= 0.3 is 17.2 Å². The van der Waals surface area contributed by atoms with Crippen LogP contribution in [0.3, 0.4) is 0 Å². The molecule has 0 amide bonds. The minimum atomic E-state index is -5.23. The average molecular weight is 296 g/mol. The van der Waals surface area contributed by atoms with Gasteiger partial charge in [0, 0.05) is 10.6 Å². The zero-order valence-corrected chi connectivity index (χ0v) is 10.3. The number of halogens is 4. The largest absolute Gasteiger partial charge is 0.482 e. The van der Waals surface area contributed by atoms with Gasteiger partial charge in [-0.05, 0) is 24.1 Å². The van der Waals surface area contributed by atoms with Crippen LogP contribution >= 0.6 is 0 Å². The van der Waals surface area contributed by atoms with Crippen LogP contribution in [0.4, 0.5) is 22.5 Å². The highest BCUT2D eigenvalue weighted by atomic mass is 32.3. The summed E-state index contributed by atoms with van der Waals surface area (Å²) in [7, 11) is -5.20. The molecule has 0 spiro atoms. The third-order valence-electron chi connectivity index (χ3n) is 2.33. The molecule has 0 saturated carbocycles. The van der Waals surface area contributed by atoms with E-state index < -0.39 is 34.0 Å². The van der Waals surface area contributed by atoms with Crippen molar-refractivity contribution in [2.75, 3.05) is 0 Å². The molecule has 1 aromatic rings. The van der Waals surface area contributed by atoms with Gasteiger partial charge in [0.05, 0.1) is 0 Å². The molecule has 0 aromatic heterocycles. The second-order valence-corrected chi connectivity index (χ2v) is 5.09. The van der Waals surface area contributed by atoms with Crippen LogP contribution in [0.25, 0.3) is 10.4 Å². The maximum Gasteiger partial charge on any atom is 0.482 e. The zero-order valence-electron chi connectivity index (χ0n) is 9.52. The van der Waals surface area contributed by atoms with Crippen LogP contribution in [-0.4, -0.2) is 15.4 Å². The fraction of sp³-hybridized carbons (Fsp3) is 0.250. The summed E-state index contributed by atoms with van der Waals surface area (Å²) >= 11 is 0. The number of rotatable bonds is 4. The van der Waals surface area contributed by atoms with Gasteiger partial charge in [-0.15, -0.1) is 3.89 Å². The lowest BCUT2D eigenvalue weighted by molar-refractivity contribution is 0.468. The SMILES string of the molecule is Cc1c(C[B-](F)(F)F)cc(N=[N+]=[N-])cc1S(=O)(=O)F. The molecular formula is C8H7BF4N3O2S-. The van der Waals surface area contributed by atoms with Gasteiger partial charge in [0.15, 0.2) is 0 Å². The van der Waals surface area contributed by atoms with Crippen molar-refractivity contribution >= 4 is 22.9 Å². The van der Waals surface area contributed by atoms with Gasteiger partial charge < -0.3 is 12.9 Å². The van der Waals surface area contributed by atoms with E-state index in [4.69, 9.17) is 5.53 Å². The number of hydrogen-bond acceptors (Lipinski definition) is 3. The van der Waals surface area contributed by atoms with Gasteiger partial charge in [0.2, 0.25) is 0 Å². The lowest BCUT2D eigenvalue weighted by Gasteiger charge is -2.17. The Kier molecular flexibility index (Phi) is 4.11.